The van der Waals surface area contributed by atoms with Gasteiger partial charge in [-0.25, -0.2) is 4.39 Å². The highest BCUT2D eigenvalue weighted by Crippen LogP contribution is 2.49. The van der Waals surface area contributed by atoms with Gasteiger partial charge >= 0.3 is 0 Å². The fourth-order valence-corrected chi connectivity index (χ4v) is 2.50. The SMILES string of the molecule is Cc1cc(CNC(=O)C2(c3ccccc3F)CC2)n[nH]1. The first-order chi connectivity index (χ1) is 9.62. The van der Waals surface area contributed by atoms with E-state index in [4.69, 9.17) is 0 Å². The largest absolute Gasteiger partial charge is 0.350 e. The Morgan fingerprint density at radius 1 is 1.45 bits per heavy atom. The van der Waals surface area contributed by atoms with E-state index >= 15 is 0 Å². The van der Waals surface area contributed by atoms with E-state index in [1.165, 1.54) is 6.07 Å². The molecule has 0 spiro atoms. The number of aromatic nitrogens is 2. The predicted octanol–water partition coefficient (Wildman–Crippen LogP) is 2.21. The summed E-state index contributed by atoms with van der Waals surface area (Å²) >= 11 is 0. The number of carbonyl (C=O) groups excluding carboxylic acids is 1. The summed E-state index contributed by atoms with van der Waals surface area (Å²) in [6.45, 7) is 2.26. The highest BCUT2D eigenvalue weighted by atomic mass is 19.1. The minimum Gasteiger partial charge on any atom is -0.350 e. The minimum absolute atomic E-state index is 0.122. The average Bonchev–Trinajstić information content (AvgIpc) is 3.14. The summed E-state index contributed by atoms with van der Waals surface area (Å²) in [5.41, 5.74) is 1.54. The molecule has 104 valence electrons. The lowest BCUT2D eigenvalue weighted by Gasteiger charge is -2.15. The van der Waals surface area contributed by atoms with E-state index in [9.17, 15) is 9.18 Å². The monoisotopic (exact) mass is 273 g/mol. The van der Waals surface area contributed by atoms with Gasteiger partial charge in [-0.15, -0.1) is 0 Å². The smallest absolute Gasteiger partial charge is 0.231 e. The van der Waals surface area contributed by atoms with E-state index in [1.807, 2.05) is 13.0 Å². The molecular formula is C15H16FN3O. The second-order valence-corrected chi connectivity index (χ2v) is 5.29. The molecule has 1 heterocycles. The number of hydrogen-bond donors (Lipinski definition) is 2. The summed E-state index contributed by atoms with van der Waals surface area (Å²) in [5, 5.41) is 9.75. The van der Waals surface area contributed by atoms with Crippen LogP contribution >= 0.6 is 0 Å². The molecule has 1 aromatic carbocycles. The van der Waals surface area contributed by atoms with Crippen molar-refractivity contribution in [2.45, 2.75) is 31.7 Å². The molecule has 0 radical (unpaired) electrons. The lowest BCUT2D eigenvalue weighted by Crippen LogP contribution is -2.35. The first-order valence-electron chi connectivity index (χ1n) is 6.66. The molecule has 3 rings (SSSR count). The van der Waals surface area contributed by atoms with Crippen LogP contribution in [0, 0.1) is 12.7 Å². The second-order valence-electron chi connectivity index (χ2n) is 5.29. The Labute approximate surface area is 116 Å². The molecular weight excluding hydrogens is 257 g/mol. The number of nitrogens with one attached hydrogen (secondary N) is 2. The van der Waals surface area contributed by atoms with Gasteiger partial charge in [0.05, 0.1) is 17.7 Å². The van der Waals surface area contributed by atoms with Gasteiger partial charge in [-0.05, 0) is 31.9 Å². The van der Waals surface area contributed by atoms with Gasteiger partial charge in [0, 0.05) is 11.3 Å². The average molecular weight is 273 g/mol. The number of aromatic amines is 1. The lowest BCUT2D eigenvalue weighted by molar-refractivity contribution is -0.123. The van der Waals surface area contributed by atoms with Crippen molar-refractivity contribution in [3.63, 3.8) is 0 Å². The normalized spacial score (nSPS) is 15.9. The first-order valence-corrected chi connectivity index (χ1v) is 6.66. The lowest BCUT2D eigenvalue weighted by atomic mass is 9.94. The van der Waals surface area contributed by atoms with Gasteiger partial charge in [-0.1, -0.05) is 18.2 Å². The van der Waals surface area contributed by atoms with E-state index < -0.39 is 5.41 Å². The van der Waals surface area contributed by atoms with Crippen LogP contribution in [-0.2, 0) is 16.8 Å². The molecule has 20 heavy (non-hydrogen) atoms. The van der Waals surface area contributed by atoms with Gasteiger partial charge in [0.25, 0.3) is 0 Å². The zero-order chi connectivity index (χ0) is 14.2. The quantitative estimate of drug-likeness (QED) is 0.897. The van der Waals surface area contributed by atoms with E-state index in [0.29, 0.717) is 24.9 Å². The van der Waals surface area contributed by atoms with Crippen molar-refractivity contribution in [2.75, 3.05) is 0 Å². The number of hydrogen-bond acceptors (Lipinski definition) is 2. The summed E-state index contributed by atoms with van der Waals surface area (Å²) in [6.07, 6.45) is 1.39. The van der Waals surface area contributed by atoms with Crippen LogP contribution in [0.4, 0.5) is 4.39 Å². The van der Waals surface area contributed by atoms with Crippen LogP contribution < -0.4 is 5.32 Å². The van der Waals surface area contributed by atoms with Crippen molar-refractivity contribution in [3.8, 4) is 0 Å². The first kappa shape index (κ1) is 12.8. The molecule has 1 aliphatic rings. The van der Waals surface area contributed by atoms with Gasteiger partial charge in [0.1, 0.15) is 5.82 Å². The maximum atomic E-state index is 13.9. The van der Waals surface area contributed by atoms with E-state index in [1.54, 1.807) is 18.2 Å². The molecule has 0 bridgehead atoms. The van der Waals surface area contributed by atoms with Gasteiger partial charge in [-0.3, -0.25) is 9.89 Å². The fraction of sp³-hybridized carbons (Fsp3) is 0.333. The highest BCUT2D eigenvalue weighted by molar-refractivity contribution is 5.91. The van der Waals surface area contributed by atoms with E-state index in [2.05, 4.69) is 15.5 Å². The Balaban J connectivity index is 1.72. The van der Waals surface area contributed by atoms with Crippen LogP contribution in [0.5, 0.6) is 0 Å². The molecule has 0 aliphatic heterocycles. The zero-order valence-corrected chi connectivity index (χ0v) is 11.2. The highest BCUT2D eigenvalue weighted by Gasteiger charge is 2.52. The maximum Gasteiger partial charge on any atom is 0.231 e. The van der Waals surface area contributed by atoms with Crippen LogP contribution in [0.15, 0.2) is 30.3 Å². The molecule has 2 aromatic rings. The molecule has 1 aromatic heterocycles. The molecule has 1 aliphatic carbocycles. The Morgan fingerprint density at radius 2 is 2.20 bits per heavy atom. The summed E-state index contributed by atoms with van der Waals surface area (Å²) in [6, 6.07) is 8.38. The molecule has 1 fully saturated rings. The van der Waals surface area contributed by atoms with Crippen LogP contribution in [0.2, 0.25) is 0 Å². The molecule has 4 nitrogen and oxygen atoms in total. The summed E-state index contributed by atoms with van der Waals surface area (Å²) in [5.74, 6) is -0.431. The number of amides is 1. The second kappa shape index (κ2) is 4.74. The van der Waals surface area contributed by atoms with E-state index in [-0.39, 0.29) is 11.7 Å². The Kier molecular flexibility index (Phi) is 3.04. The van der Waals surface area contributed by atoms with Crippen molar-refractivity contribution >= 4 is 5.91 Å². The Bertz CT molecular complexity index is 646. The molecule has 0 saturated heterocycles. The number of rotatable bonds is 4. The summed E-state index contributed by atoms with van der Waals surface area (Å²) in [7, 11) is 0. The van der Waals surface area contributed by atoms with Crippen LogP contribution in [-0.4, -0.2) is 16.1 Å². The van der Waals surface area contributed by atoms with Gasteiger partial charge < -0.3 is 5.32 Å². The van der Waals surface area contributed by atoms with Gasteiger partial charge in [0.2, 0.25) is 5.91 Å². The standard InChI is InChI=1S/C15H16FN3O/c1-10-8-11(19-18-10)9-17-14(20)15(6-7-15)12-4-2-3-5-13(12)16/h2-5,8H,6-7,9H2,1H3,(H,17,20)(H,18,19). The third kappa shape index (κ3) is 2.19. The van der Waals surface area contributed by atoms with Crippen LogP contribution in [0.3, 0.4) is 0 Å². The van der Waals surface area contributed by atoms with Crippen LogP contribution in [0.1, 0.15) is 29.8 Å². The molecule has 0 atom stereocenters. The number of aryl methyl sites for hydroxylation is 1. The molecule has 5 heteroatoms. The predicted molar refractivity (Wildman–Crippen MR) is 72.5 cm³/mol. The van der Waals surface area contributed by atoms with Crippen molar-refractivity contribution in [1.29, 1.82) is 0 Å². The number of carbonyl (C=O) groups is 1. The molecule has 2 N–H and O–H groups in total. The summed E-state index contributed by atoms with van der Waals surface area (Å²) in [4.78, 5) is 12.3. The zero-order valence-electron chi connectivity index (χ0n) is 11.2. The number of benzene rings is 1. The topological polar surface area (TPSA) is 57.8 Å². The fourth-order valence-electron chi connectivity index (χ4n) is 2.50. The van der Waals surface area contributed by atoms with Crippen molar-refractivity contribution in [3.05, 3.63) is 53.1 Å². The van der Waals surface area contributed by atoms with Gasteiger partial charge in [-0.2, -0.15) is 5.10 Å². The molecule has 0 unspecified atom stereocenters. The third-order valence-electron chi connectivity index (χ3n) is 3.76. The maximum absolute atomic E-state index is 13.9. The Hall–Kier alpha value is -2.17. The van der Waals surface area contributed by atoms with Crippen molar-refractivity contribution in [1.82, 2.24) is 15.5 Å². The Morgan fingerprint density at radius 3 is 2.80 bits per heavy atom. The number of nitrogens with zero attached hydrogens (tertiary/aromatic N) is 1. The third-order valence-corrected chi connectivity index (χ3v) is 3.76. The molecule has 1 saturated carbocycles. The van der Waals surface area contributed by atoms with Gasteiger partial charge in [0.15, 0.2) is 0 Å². The summed E-state index contributed by atoms with van der Waals surface area (Å²) < 4.78 is 13.9. The van der Waals surface area contributed by atoms with E-state index in [0.717, 1.165) is 11.4 Å². The van der Waals surface area contributed by atoms with Crippen molar-refractivity contribution in [2.24, 2.45) is 0 Å². The number of halogens is 1. The minimum atomic E-state index is -0.684. The van der Waals surface area contributed by atoms with Crippen LogP contribution in [0.25, 0.3) is 0 Å². The van der Waals surface area contributed by atoms with Crippen molar-refractivity contribution < 1.29 is 9.18 Å². The number of H-pyrrole nitrogens is 1. The molecule has 1 amide bonds.